The van der Waals surface area contributed by atoms with E-state index in [0.29, 0.717) is 33.8 Å². The minimum atomic E-state index is -0.188. The Kier molecular flexibility index (Phi) is 6.61. The minimum absolute atomic E-state index is 0.0857. The normalized spacial score (nSPS) is 16.3. The number of hydrogen-bond acceptors (Lipinski definition) is 4. The van der Waals surface area contributed by atoms with E-state index in [0.717, 1.165) is 19.4 Å². The van der Waals surface area contributed by atoms with Crippen molar-refractivity contribution < 1.29 is 14.3 Å². The number of carbonyl (C=O) groups excluding carboxylic acids is 1. The zero-order valence-corrected chi connectivity index (χ0v) is 15.6. The molecule has 26 heavy (non-hydrogen) atoms. The summed E-state index contributed by atoms with van der Waals surface area (Å²) in [4.78, 5) is 12.1. The molecule has 1 unspecified atom stereocenters. The third kappa shape index (κ3) is 5.53. The lowest BCUT2D eigenvalue weighted by molar-refractivity contribution is -0.114. The van der Waals surface area contributed by atoms with Crippen LogP contribution in [0, 0.1) is 0 Å². The van der Waals surface area contributed by atoms with Gasteiger partial charge in [0.05, 0.1) is 23.4 Å². The van der Waals surface area contributed by atoms with Crippen molar-refractivity contribution in [1.82, 2.24) is 0 Å². The second-order valence-electron chi connectivity index (χ2n) is 6.00. The average Bonchev–Trinajstić information content (AvgIpc) is 3.13. The molecule has 0 bridgehead atoms. The van der Waals surface area contributed by atoms with E-state index in [1.54, 1.807) is 24.3 Å². The smallest absolute Gasteiger partial charge is 0.243 e. The predicted molar refractivity (Wildman–Crippen MR) is 104 cm³/mol. The molecule has 7 heteroatoms. The van der Waals surface area contributed by atoms with Crippen LogP contribution in [0.25, 0.3) is 0 Å². The highest BCUT2D eigenvalue weighted by molar-refractivity contribution is 6.36. The summed E-state index contributed by atoms with van der Waals surface area (Å²) in [5.74, 6) is 0.513. The fourth-order valence-electron chi connectivity index (χ4n) is 2.64. The van der Waals surface area contributed by atoms with Gasteiger partial charge in [0.25, 0.3) is 0 Å². The fraction of sp³-hybridized carbons (Fsp3) is 0.316. The molecule has 1 aliphatic heterocycles. The second kappa shape index (κ2) is 9.12. The maximum atomic E-state index is 12.1. The average molecular weight is 395 g/mol. The van der Waals surface area contributed by atoms with Crippen molar-refractivity contribution in [2.75, 3.05) is 30.4 Å². The molecule has 3 rings (SSSR count). The first-order chi connectivity index (χ1) is 12.6. The second-order valence-corrected chi connectivity index (χ2v) is 6.84. The van der Waals surface area contributed by atoms with Gasteiger partial charge in [-0.15, -0.1) is 0 Å². The number of rotatable bonds is 7. The van der Waals surface area contributed by atoms with Gasteiger partial charge in [-0.1, -0.05) is 29.3 Å². The van der Waals surface area contributed by atoms with E-state index < -0.39 is 0 Å². The molecular weight excluding hydrogens is 375 g/mol. The van der Waals surface area contributed by atoms with Gasteiger partial charge in [-0.3, -0.25) is 4.79 Å². The van der Waals surface area contributed by atoms with E-state index in [4.69, 9.17) is 32.7 Å². The van der Waals surface area contributed by atoms with Gasteiger partial charge in [0.15, 0.2) is 0 Å². The van der Waals surface area contributed by atoms with Crippen molar-refractivity contribution >= 4 is 40.5 Å². The van der Waals surface area contributed by atoms with Crippen molar-refractivity contribution in [2.24, 2.45) is 0 Å². The molecule has 0 aliphatic carbocycles. The lowest BCUT2D eigenvalue weighted by Crippen LogP contribution is -2.22. The van der Waals surface area contributed by atoms with Gasteiger partial charge >= 0.3 is 0 Å². The molecule has 2 aromatic rings. The molecule has 138 valence electrons. The highest BCUT2D eigenvalue weighted by Gasteiger charge is 2.16. The summed E-state index contributed by atoms with van der Waals surface area (Å²) in [6.07, 6.45) is 2.26. The third-order valence-corrected chi connectivity index (χ3v) is 4.50. The van der Waals surface area contributed by atoms with Crippen LogP contribution >= 0.6 is 23.2 Å². The lowest BCUT2D eigenvalue weighted by atomic mass is 10.2. The molecule has 0 saturated carbocycles. The Morgan fingerprint density at radius 2 is 2.12 bits per heavy atom. The highest BCUT2D eigenvalue weighted by Crippen LogP contribution is 2.25. The van der Waals surface area contributed by atoms with E-state index >= 15 is 0 Å². The van der Waals surface area contributed by atoms with E-state index in [9.17, 15) is 4.79 Å². The highest BCUT2D eigenvalue weighted by atomic mass is 35.5. The third-order valence-electron chi connectivity index (χ3n) is 3.95. The Balaban J connectivity index is 1.49. The number of ether oxygens (including phenoxy) is 2. The Morgan fingerprint density at radius 1 is 1.23 bits per heavy atom. The van der Waals surface area contributed by atoms with Gasteiger partial charge in [-0.2, -0.15) is 0 Å². The molecule has 1 fully saturated rings. The molecule has 0 radical (unpaired) electrons. The van der Waals surface area contributed by atoms with Gasteiger partial charge in [0, 0.05) is 23.4 Å². The Bertz CT molecular complexity index is 764. The molecule has 0 aromatic heterocycles. The standard InChI is InChI=1S/C19H20Cl2N2O3/c20-13-6-7-18(17(21)9-13)22-11-19(24)23-14-3-1-4-15(10-14)26-12-16-5-2-8-25-16/h1,3-4,6-7,9-10,16,22H,2,5,8,11-12H2,(H,23,24). The molecule has 1 amide bonds. The molecule has 5 nitrogen and oxygen atoms in total. The maximum Gasteiger partial charge on any atom is 0.243 e. The fourth-order valence-corrected chi connectivity index (χ4v) is 3.12. The Labute approximate surface area is 162 Å². The largest absolute Gasteiger partial charge is 0.491 e. The maximum absolute atomic E-state index is 12.1. The number of nitrogens with one attached hydrogen (secondary N) is 2. The molecule has 1 saturated heterocycles. The van der Waals surface area contributed by atoms with E-state index in [1.807, 2.05) is 18.2 Å². The Hall–Kier alpha value is -1.95. The summed E-state index contributed by atoms with van der Waals surface area (Å²) < 4.78 is 11.3. The van der Waals surface area contributed by atoms with Gasteiger partial charge in [0.2, 0.25) is 5.91 Å². The van der Waals surface area contributed by atoms with Gasteiger partial charge < -0.3 is 20.1 Å². The molecule has 2 aromatic carbocycles. The molecule has 1 heterocycles. The van der Waals surface area contributed by atoms with Crippen LogP contribution in [0.3, 0.4) is 0 Å². The first kappa shape index (κ1) is 18.8. The van der Waals surface area contributed by atoms with Crippen LogP contribution in [0.2, 0.25) is 10.0 Å². The molecular formula is C19H20Cl2N2O3. The van der Waals surface area contributed by atoms with Crippen molar-refractivity contribution in [2.45, 2.75) is 18.9 Å². The van der Waals surface area contributed by atoms with Crippen LogP contribution in [0.5, 0.6) is 5.75 Å². The topological polar surface area (TPSA) is 59.6 Å². The summed E-state index contributed by atoms with van der Waals surface area (Å²) in [5, 5.41) is 6.83. The van der Waals surface area contributed by atoms with Gasteiger partial charge in [-0.05, 0) is 43.2 Å². The van der Waals surface area contributed by atoms with Crippen molar-refractivity contribution in [1.29, 1.82) is 0 Å². The van der Waals surface area contributed by atoms with E-state index in [2.05, 4.69) is 10.6 Å². The predicted octanol–water partition coefficient (Wildman–Crippen LogP) is 4.60. The summed E-state index contributed by atoms with van der Waals surface area (Å²) in [5.41, 5.74) is 1.32. The molecule has 1 atom stereocenters. The summed E-state index contributed by atoms with van der Waals surface area (Å²) in [6.45, 7) is 1.41. The van der Waals surface area contributed by atoms with Crippen molar-refractivity contribution in [3.05, 3.63) is 52.5 Å². The monoisotopic (exact) mass is 394 g/mol. The van der Waals surface area contributed by atoms with Crippen LogP contribution in [0.15, 0.2) is 42.5 Å². The van der Waals surface area contributed by atoms with Crippen LogP contribution < -0.4 is 15.4 Å². The Morgan fingerprint density at radius 3 is 2.88 bits per heavy atom. The van der Waals surface area contributed by atoms with Crippen LogP contribution in [-0.2, 0) is 9.53 Å². The summed E-state index contributed by atoms with van der Waals surface area (Å²) in [6, 6.07) is 12.4. The number of halogens is 2. The van der Waals surface area contributed by atoms with E-state index in [1.165, 1.54) is 0 Å². The quantitative estimate of drug-likeness (QED) is 0.719. The van der Waals surface area contributed by atoms with Crippen molar-refractivity contribution in [3.63, 3.8) is 0 Å². The number of carbonyl (C=O) groups is 1. The number of amides is 1. The zero-order valence-electron chi connectivity index (χ0n) is 14.1. The van der Waals surface area contributed by atoms with Gasteiger partial charge in [-0.25, -0.2) is 0 Å². The summed E-state index contributed by atoms with van der Waals surface area (Å²) >= 11 is 11.9. The van der Waals surface area contributed by atoms with Gasteiger partial charge in [0.1, 0.15) is 12.4 Å². The van der Waals surface area contributed by atoms with E-state index in [-0.39, 0.29) is 18.6 Å². The first-order valence-electron chi connectivity index (χ1n) is 8.43. The minimum Gasteiger partial charge on any atom is -0.491 e. The number of benzene rings is 2. The lowest BCUT2D eigenvalue weighted by Gasteiger charge is -2.13. The molecule has 1 aliphatic rings. The molecule has 2 N–H and O–H groups in total. The van der Waals surface area contributed by atoms with Crippen molar-refractivity contribution in [3.8, 4) is 5.75 Å². The number of hydrogen-bond donors (Lipinski definition) is 2. The SMILES string of the molecule is O=C(CNc1ccc(Cl)cc1Cl)Nc1cccc(OCC2CCCO2)c1. The molecule has 0 spiro atoms. The zero-order chi connectivity index (χ0) is 18.4. The van der Waals surface area contributed by atoms with Crippen LogP contribution in [0.4, 0.5) is 11.4 Å². The first-order valence-corrected chi connectivity index (χ1v) is 9.19. The number of anilines is 2. The summed E-state index contributed by atoms with van der Waals surface area (Å²) in [7, 11) is 0. The van der Waals surface area contributed by atoms with Crippen LogP contribution in [-0.4, -0.2) is 31.8 Å². The van der Waals surface area contributed by atoms with Crippen LogP contribution in [0.1, 0.15) is 12.8 Å².